The number of nitrogens with zero attached hydrogens (tertiary/aromatic N) is 2. The molecule has 0 fully saturated rings. The monoisotopic (exact) mass is 343 g/mol. The molecule has 1 aromatic heterocycles. The second-order valence-electron chi connectivity index (χ2n) is 5.36. The van der Waals surface area contributed by atoms with Crippen LogP contribution < -0.4 is 5.32 Å². The first kappa shape index (κ1) is 16.0. The minimum absolute atomic E-state index is 0.0222. The first-order valence-electron chi connectivity index (χ1n) is 6.97. The molecule has 1 N–H and O–H groups in total. The van der Waals surface area contributed by atoms with E-state index in [1.54, 1.807) is 25.1 Å². The molecule has 1 heterocycles. The summed E-state index contributed by atoms with van der Waals surface area (Å²) in [7, 11) is -3.95. The van der Waals surface area contributed by atoms with E-state index in [0.717, 1.165) is 18.1 Å². The smallest absolute Gasteiger partial charge is 0.225 e. The van der Waals surface area contributed by atoms with E-state index in [2.05, 4.69) is 15.3 Å². The number of carbonyl (C=O) groups is 2. The number of aromatic nitrogens is 2. The Morgan fingerprint density at radius 3 is 2.46 bits per heavy atom. The molecule has 0 saturated heterocycles. The lowest BCUT2D eigenvalue weighted by molar-refractivity contribution is 0.0977. The minimum Gasteiger partial charge on any atom is -0.351 e. The number of aryl methyl sites for hydroxylation is 1. The Bertz CT molecular complexity index is 1010. The van der Waals surface area contributed by atoms with Crippen LogP contribution in [0.4, 0.5) is 5.69 Å². The van der Waals surface area contributed by atoms with Crippen molar-refractivity contribution in [3.63, 3.8) is 0 Å². The van der Waals surface area contributed by atoms with Crippen molar-refractivity contribution in [1.82, 2.24) is 9.97 Å². The second-order valence-corrected chi connectivity index (χ2v) is 7.31. The Balaban J connectivity index is 2.24. The normalized spacial score (nSPS) is 14.6. The van der Waals surface area contributed by atoms with Crippen LogP contribution in [0.25, 0.3) is 0 Å². The van der Waals surface area contributed by atoms with E-state index in [0.29, 0.717) is 5.69 Å². The number of rotatable bonds is 3. The number of hydrogen-bond acceptors (Lipinski definition) is 7. The first-order chi connectivity index (χ1) is 11.3. The predicted molar refractivity (Wildman–Crippen MR) is 87.4 cm³/mol. The van der Waals surface area contributed by atoms with Crippen LogP contribution in [0.2, 0.25) is 0 Å². The third-order valence-corrected chi connectivity index (χ3v) is 4.74. The maximum absolute atomic E-state index is 12.7. The molecule has 0 aliphatic heterocycles. The fraction of sp³-hybridized carbons (Fsp3) is 0.125. The molecule has 1 aliphatic rings. The second kappa shape index (κ2) is 5.64. The molecular weight excluding hydrogens is 330 g/mol. The Kier molecular flexibility index (Phi) is 3.76. The van der Waals surface area contributed by atoms with Gasteiger partial charge in [0, 0.05) is 18.1 Å². The number of hydrogen-bond donors (Lipinski definition) is 1. The number of allylic oxidation sites excluding steroid dienone is 2. The third-order valence-electron chi connectivity index (χ3n) is 3.61. The molecule has 0 amide bonds. The van der Waals surface area contributed by atoms with Crippen molar-refractivity contribution in [2.24, 2.45) is 0 Å². The third kappa shape index (κ3) is 2.61. The summed E-state index contributed by atoms with van der Waals surface area (Å²) >= 11 is 0. The Morgan fingerprint density at radius 1 is 1.08 bits per heavy atom. The highest BCUT2D eigenvalue weighted by Crippen LogP contribution is 2.29. The van der Waals surface area contributed by atoms with Crippen LogP contribution in [0.1, 0.15) is 26.4 Å². The Morgan fingerprint density at radius 2 is 1.79 bits per heavy atom. The zero-order chi connectivity index (χ0) is 17.5. The van der Waals surface area contributed by atoms with Crippen LogP contribution in [0.5, 0.6) is 0 Å². The summed E-state index contributed by atoms with van der Waals surface area (Å²) in [6.45, 7) is 1.80. The number of fused-ring (bicyclic) bond motifs is 1. The van der Waals surface area contributed by atoms with Gasteiger partial charge in [-0.2, -0.15) is 0 Å². The number of Topliss-reactive ketones (excluding diaryl/α,β-unsaturated/α-hetero) is 2. The molecule has 1 aliphatic carbocycles. The largest absolute Gasteiger partial charge is 0.351 e. The number of sulfone groups is 1. The van der Waals surface area contributed by atoms with Gasteiger partial charge in [-0.3, -0.25) is 9.59 Å². The summed E-state index contributed by atoms with van der Waals surface area (Å²) in [6.07, 6.45) is 3.20. The summed E-state index contributed by atoms with van der Waals surface area (Å²) in [5.41, 5.74) is 0.833. The van der Waals surface area contributed by atoms with Gasteiger partial charge in [-0.1, -0.05) is 18.2 Å². The SMILES string of the molecule is Cc1ccccc1NC1=C(S(C)(=O)=O)C(=O)c2ncncc2C1=O. The molecule has 0 unspecified atom stereocenters. The van der Waals surface area contributed by atoms with Crippen LogP contribution in [0, 0.1) is 6.92 Å². The highest BCUT2D eigenvalue weighted by molar-refractivity contribution is 7.95. The average molecular weight is 343 g/mol. The van der Waals surface area contributed by atoms with Gasteiger partial charge in [0.25, 0.3) is 0 Å². The highest BCUT2D eigenvalue weighted by Gasteiger charge is 2.38. The van der Waals surface area contributed by atoms with Crippen LogP contribution in [-0.2, 0) is 9.84 Å². The maximum atomic E-state index is 12.7. The van der Waals surface area contributed by atoms with Crippen molar-refractivity contribution in [2.45, 2.75) is 6.92 Å². The predicted octanol–water partition coefficient (Wildman–Crippen LogP) is 1.53. The molecule has 0 atom stereocenters. The molecule has 122 valence electrons. The van der Waals surface area contributed by atoms with Gasteiger partial charge in [-0.25, -0.2) is 18.4 Å². The van der Waals surface area contributed by atoms with Crippen molar-refractivity contribution >= 4 is 27.1 Å². The molecule has 1 aromatic carbocycles. The maximum Gasteiger partial charge on any atom is 0.225 e. The zero-order valence-electron chi connectivity index (χ0n) is 12.9. The van der Waals surface area contributed by atoms with E-state index in [-0.39, 0.29) is 17.0 Å². The Hall–Kier alpha value is -2.87. The van der Waals surface area contributed by atoms with Crippen molar-refractivity contribution in [3.05, 3.63) is 64.2 Å². The topological polar surface area (TPSA) is 106 Å². The van der Waals surface area contributed by atoms with Crippen molar-refractivity contribution in [1.29, 1.82) is 0 Å². The highest BCUT2D eigenvalue weighted by atomic mass is 32.2. The van der Waals surface area contributed by atoms with Crippen LogP contribution in [-0.4, -0.2) is 36.2 Å². The average Bonchev–Trinajstić information content (AvgIpc) is 2.53. The van der Waals surface area contributed by atoms with Gasteiger partial charge in [0.1, 0.15) is 22.6 Å². The lowest BCUT2D eigenvalue weighted by Crippen LogP contribution is -2.30. The lowest BCUT2D eigenvalue weighted by atomic mass is 9.98. The number of benzene rings is 1. The summed E-state index contributed by atoms with van der Waals surface area (Å²) in [5.74, 6) is -1.44. The summed E-state index contributed by atoms with van der Waals surface area (Å²) in [6, 6.07) is 7.04. The summed E-state index contributed by atoms with van der Waals surface area (Å²) < 4.78 is 24.2. The summed E-state index contributed by atoms with van der Waals surface area (Å²) in [4.78, 5) is 32.2. The van der Waals surface area contributed by atoms with E-state index >= 15 is 0 Å². The number of para-hydroxylation sites is 1. The van der Waals surface area contributed by atoms with E-state index in [4.69, 9.17) is 0 Å². The quantitative estimate of drug-likeness (QED) is 0.900. The molecule has 24 heavy (non-hydrogen) atoms. The molecule has 7 nitrogen and oxygen atoms in total. The molecule has 0 radical (unpaired) electrons. The minimum atomic E-state index is -3.95. The van der Waals surface area contributed by atoms with E-state index in [1.165, 1.54) is 6.20 Å². The van der Waals surface area contributed by atoms with Crippen molar-refractivity contribution in [3.8, 4) is 0 Å². The van der Waals surface area contributed by atoms with Gasteiger partial charge >= 0.3 is 0 Å². The molecule has 0 spiro atoms. The van der Waals surface area contributed by atoms with Crippen LogP contribution >= 0.6 is 0 Å². The molecule has 2 aromatic rings. The Labute approximate surface area is 138 Å². The van der Waals surface area contributed by atoms with Gasteiger partial charge in [-0.15, -0.1) is 0 Å². The van der Waals surface area contributed by atoms with Crippen LogP contribution in [0.15, 0.2) is 47.4 Å². The molecule has 3 rings (SSSR count). The lowest BCUT2D eigenvalue weighted by Gasteiger charge is -2.20. The molecule has 0 saturated carbocycles. The fourth-order valence-corrected chi connectivity index (χ4v) is 3.40. The fourth-order valence-electron chi connectivity index (χ4n) is 2.45. The number of ketones is 2. The number of carbonyl (C=O) groups excluding carboxylic acids is 2. The van der Waals surface area contributed by atoms with E-state index in [1.807, 2.05) is 6.07 Å². The number of anilines is 1. The van der Waals surface area contributed by atoms with Gasteiger partial charge in [0.2, 0.25) is 11.6 Å². The van der Waals surface area contributed by atoms with Gasteiger partial charge in [0.15, 0.2) is 9.84 Å². The first-order valence-corrected chi connectivity index (χ1v) is 8.86. The summed E-state index contributed by atoms with van der Waals surface area (Å²) in [5, 5.41) is 2.80. The molecule has 0 bridgehead atoms. The van der Waals surface area contributed by atoms with E-state index in [9.17, 15) is 18.0 Å². The van der Waals surface area contributed by atoms with Crippen LogP contribution in [0.3, 0.4) is 0 Å². The van der Waals surface area contributed by atoms with Gasteiger partial charge in [-0.05, 0) is 18.6 Å². The van der Waals surface area contributed by atoms with Crippen molar-refractivity contribution < 1.29 is 18.0 Å². The number of nitrogens with one attached hydrogen (secondary N) is 1. The standard InChI is InChI=1S/C16H13N3O4S/c1-9-5-3-4-6-11(9)19-13-14(20)10-7-17-8-18-12(10)15(21)16(13)24(2,22)23/h3-8,19H,1-2H3. The van der Waals surface area contributed by atoms with Gasteiger partial charge in [0.05, 0.1) is 5.56 Å². The van der Waals surface area contributed by atoms with Crippen molar-refractivity contribution in [2.75, 3.05) is 11.6 Å². The zero-order valence-corrected chi connectivity index (χ0v) is 13.7. The van der Waals surface area contributed by atoms with E-state index < -0.39 is 26.3 Å². The molecule has 8 heteroatoms. The van der Waals surface area contributed by atoms with Gasteiger partial charge < -0.3 is 5.32 Å². The molecular formula is C16H13N3O4S.